The lowest BCUT2D eigenvalue weighted by Crippen LogP contribution is -2.49. The molecule has 1 saturated heterocycles. The molecule has 3 aromatic heterocycles. The predicted molar refractivity (Wildman–Crippen MR) is 152 cm³/mol. The van der Waals surface area contributed by atoms with Crippen molar-refractivity contribution in [1.29, 1.82) is 0 Å². The van der Waals surface area contributed by atoms with Gasteiger partial charge in [0, 0.05) is 35.9 Å². The number of hydrogen-bond acceptors (Lipinski definition) is 8. The minimum Gasteiger partial charge on any atom is -0.479 e. The molecule has 2 atom stereocenters. The summed E-state index contributed by atoms with van der Waals surface area (Å²) in [5, 5.41) is 21.3. The van der Waals surface area contributed by atoms with Crippen LogP contribution in [-0.4, -0.2) is 50.1 Å². The van der Waals surface area contributed by atoms with Gasteiger partial charge in [-0.05, 0) is 60.4 Å². The molecule has 9 heteroatoms. The number of carboxylic acid groups (broad SMARTS) is 1. The lowest BCUT2D eigenvalue weighted by Gasteiger charge is -2.40. The van der Waals surface area contributed by atoms with Crippen molar-refractivity contribution in [3.8, 4) is 11.4 Å². The van der Waals surface area contributed by atoms with Crippen LogP contribution in [0.5, 0.6) is 0 Å². The molecule has 2 fully saturated rings. The third-order valence-electron chi connectivity index (χ3n) is 7.79. The van der Waals surface area contributed by atoms with Gasteiger partial charge in [-0.25, -0.2) is 19.7 Å². The molecule has 0 spiro atoms. The molecule has 1 aromatic carbocycles. The number of carbonyl (C=O) groups is 1. The zero-order valence-electron chi connectivity index (χ0n) is 22.2. The molecule has 6 rings (SSSR count). The number of benzene rings is 1. The summed E-state index contributed by atoms with van der Waals surface area (Å²) in [5.74, 6) is 1.33. The fraction of sp³-hybridized carbons (Fsp3) is 0.367. The first kappa shape index (κ1) is 25.2. The summed E-state index contributed by atoms with van der Waals surface area (Å²) >= 11 is 0. The Morgan fingerprint density at radius 3 is 2.67 bits per heavy atom. The van der Waals surface area contributed by atoms with Gasteiger partial charge >= 0.3 is 5.97 Å². The Kier molecular flexibility index (Phi) is 6.60. The van der Waals surface area contributed by atoms with Crippen molar-refractivity contribution in [2.45, 2.75) is 51.1 Å². The quantitative estimate of drug-likeness (QED) is 0.252. The summed E-state index contributed by atoms with van der Waals surface area (Å²) in [6.45, 7) is 6.44. The number of nitrogens with one attached hydrogen (secondary N) is 3. The van der Waals surface area contributed by atoms with E-state index in [0.717, 1.165) is 54.6 Å². The SMILES string of the molecule is CC1(C)CNCC[C@@H]1Nc1nc(-c2ccnc(N[C@H](C(=O)O)c3ccccc3)c2)nc2cncc(C3CC3)c12. The van der Waals surface area contributed by atoms with Crippen LogP contribution in [0.4, 0.5) is 11.6 Å². The minimum absolute atomic E-state index is 0.0551. The lowest BCUT2D eigenvalue weighted by molar-refractivity contribution is -0.138. The third-order valence-corrected chi connectivity index (χ3v) is 7.79. The Bertz CT molecular complexity index is 1500. The number of pyridine rings is 2. The Morgan fingerprint density at radius 1 is 1.10 bits per heavy atom. The molecule has 0 radical (unpaired) electrons. The summed E-state index contributed by atoms with van der Waals surface area (Å²) in [6.07, 6.45) is 8.74. The maximum Gasteiger partial charge on any atom is 0.330 e. The second kappa shape index (κ2) is 10.2. The highest BCUT2D eigenvalue weighted by Crippen LogP contribution is 2.44. The highest BCUT2D eigenvalue weighted by atomic mass is 16.4. The molecule has 1 aliphatic heterocycles. The van der Waals surface area contributed by atoms with E-state index in [1.54, 1.807) is 30.6 Å². The third kappa shape index (κ3) is 5.27. The van der Waals surface area contributed by atoms with Crippen molar-refractivity contribution in [1.82, 2.24) is 25.3 Å². The molecule has 0 bridgehead atoms. The first-order valence-electron chi connectivity index (χ1n) is 13.5. The highest BCUT2D eigenvalue weighted by molar-refractivity contribution is 5.93. The van der Waals surface area contributed by atoms with Crippen LogP contribution >= 0.6 is 0 Å². The molecule has 2 aliphatic rings. The van der Waals surface area contributed by atoms with Gasteiger partial charge in [0.15, 0.2) is 11.9 Å². The van der Waals surface area contributed by atoms with Crippen LogP contribution < -0.4 is 16.0 Å². The Morgan fingerprint density at radius 2 is 1.92 bits per heavy atom. The van der Waals surface area contributed by atoms with Gasteiger partial charge in [0.25, 0.3) is 0 Å². The monoisotopic (exact) mass is 523 g/mol. The van der Waals surface area contributed by atoms with Crippen LogP contribution in [0.2, 0.25) is 0 Å². The number of hydrogen-bond donors (Lipinski definition) is 4. The molecule has 0 amide bonds. The molecule has 4 heterocycles. The maximum atomic E-state index is 12.0. The lowest BCUT2D eigenvalue weighted by atomic mass is 9.80. The Balaban J connectivity index is 1.39. The van der Waals surface area contributed by atoms with E-state index in [1.165, 1.54) is 5.56 Å². The van der Waals surface area contributed by atoms with Crippen molar-refractivity contribution in [2.24, 2.45) is 5.41 Å². The van der Waals surface area contributed by atoms with Gasteiger partial charge in [0.05, 0.1) is 11.7 Å². The second-order valence-corrected chi connectivity index (χ2v) is 11.2. The molecule has 4 aromatic rings. The smallest absolute Gasteiger partial charge is 0.330 e. The van der Waals surface area contributed by atoms with Crippen molar-refractivity contribution < 1.29 is 9.90 Å². The molecule has 200 valence electrons. The first-order valence-corrected chi connectivity index (χ1v) is 13.5. The van der Waals surface area contributed by atoms with Crippen LogP contribution in [0.1, 0.15) is 56.2 Å². The number of rotatable bonds is 8. The normalized spacial score (nSPS) is 19.4. The summed E-state index contributed by atoms with van der Waals surface area (Å²) < 4.78 is 0. The summed E-state index contributed by atoms with van der Waals surface area (Å²) in [7, 11) is 0. The first-order chi connectivity index (χ1) is 18.9. The van der Waals surface area contributed by atoms with Crippen LogP contribution in [0.25, 0.3) is 22.3 Å². The largest absolute Gasteiger partial charge is 0.479 e. The van der Waals surface area contributed by atoms with Gasteiger partial charge in [0.2, 0.25) is 0 Å². The molecular weight excluding hydrogens is 490 g/mol. The maximum absolute atomic E-state index is 12.0. The zero-order chi connectivity index (χ0) is 27.0. The molecule has 4 N–H and O–H groups in total. The average Bonchev–Trinajstić information content (AvgIpc) is 3.78. The number of nitrogens with zero attached hydrogens (tertiary/aromatic N) is 4. The number of carboxylic acids is 1. The van der Waals surface area contributed by atoms with Crippen LogP contribution in [-0.2, 0) is 4.79 Å². The average molecular weight is 524 g/mol. The highest BCUT2D eigenvalue weighted by Gasteiger charge is 2.34. The Hall–Kier alpha value is -4.11. The summed E-state index contributed by atoms with van der Waals surface area (Å²) in [5.41, 5.74) is 3.46. The fourth-order valence-electron chi connectivity index (χ4n) is 5.38. The van der Waals surface area contributed by atoms with Gasteiger partial charge in [-0.15, -0.1) is 0 Å². The van der Waals surface area contributed by atoms with Gasteiger partial charge in [-0.3, -0.25) is 4.98 Å². The summed E-state index contributed by atoms with van der Waals surface area (Å²) in [6, 6.07) is 12.0. The van der Waals surface area contributed by atoms with Gasteiger partial charge in [-0.2, -0.15) is 0 Å². The van der Waals surface area contributed by atoms with Crippen molar-refractivity contribution in [3.05, 3.63) is 72.2 Å². The van der Waals surface area contributed by atoms with E-state index >= 15 is 0 Å². The molecule has 1 saturated carbocycles. The van der Waals surface area contributed by atoms with Gasteiger partial charge < -0.3 is 21.1 Å². The molecular formula is C30H33N7O2. The van der Waals surface area contributed by atoms with E-state index in [1.807, 2.05) is 30.5 Å². The van der Waals surface area contributed by atoms with Crippen molar-refractivity contribution >= 4 is 28.5 Å². The van der Waals surface area contributed by atoms with E-state index in [0.29, 0.717) is 23.1 Å². The number of aromatic nitrogens is 4. The van der Waals surface area contributed by atoms with Crippen molar-refractivity contribution in [3.63, 3.8) is 0 Å². The van der Waals surface area contributed by atoms with Crippen LogP contribution in [0.3, 0.4) is 0 Å². The zero-order valence-corrected chi connectivity index (χ0v) is 22.2. The summed E-state index contributed by atoms with van der Waals surface area (Å²) in [4.78, 5) is 31.0. The van der Waals surface area contributed by atoms with Crippen LogP contribution in [0, 0.1) is 5.41 Å². The number of anilines is 2. The molecule has 0 unspecified atom stereocenters. The van der Waals surface area contributed by atoms with E-state index in [2.05, 4.69) is 39.8 Å². The van der Waals surface area contributed by atoms with Crippen LogP contribution in [0.15, 0.2) is 61.1 Å². The van der Waals surface area contributed by atoms with E-state index in [4.69, 9.17) is 9.97 Å². The number of piperidine rings is 1. The fourth-order valence-corrected chi connectivity index (χ4v) is 5.38. The molecule has 39 heavy (non-hydrogen) atoms. The standard InChI is InChI=1S/C30H33N7O2/c1-30(2)17-31-12-11-23(30)35-28-25-21(18-8-9-18)15-32-16-22(25)34-27(37-28)20-10-13-33-24(14-20)36-26(29(38)39)19-6-4-3-5-7-19/h3-7,10,13-16,18,23,26,31H,8-9,11-12,17H2,1-2H3,(H,33,36)(H,38,39)(H,34,35,37)/t23-,26-/m0/s1. The van der Waals surface area contributed by atoms with Gasteiger partial charge in [-0.1, -0.05) is 44.2 Å². The second-order valence-electron chi connectivity index (χ2n) is 11.2. The minimum atomic E-state index is -0.981. The molecule has 1 aliphatic carbocycles. The number of aliphatic carboxylic acids is 1. The van der Waals surface area contributed by atoms with Crippen molar-refractivity contribution in [2.75, 3.05) is 23.7 Å². The van der Waals surface area contributed by atoms with E-state index < -0.39 is 12.0 Å². The number of fused-ring (bicyclic) bond motifs is 1. The van der Waals surface area contributed by atoms with E-state index in [-0.39, 0.29) is 11.5 Å². The predicted octanol–water partition coefficient (Wildman–Crippen LogP) is 5.00. The molecule has 9 nitrogen and oxygen atoms in total. The van der Waals surface area contributed by atoms with Gasteiger partial charge in [0.1, 0.15) is 11.6 Å². The van der Waals surface area contributed by atoms with E-state index in [9.17, 15) is 9.90 Å². The Labute approximate surface area is 227 Å². The topological polar surface area (TPSA) is 125 Å².